The van der Waals surface area contributed by atoms with Crippen LogP contribution >= 0.6 is 0 Å². The summed E-state index contributed by atoms with van der Waals surface area (Å²) >= 11 is 0. The standard InChI is InChI=1S/C10H14O2.C2H6/c1-3-4-5-6-9(2)11-7-10-8-12-10;1-2/h3-6,10H,2,7-8H2,1H3;1-2H3/b4-3-,6-5-;. The third-order valence-electron chi connectivity index (χ3n) is 1.44. The first kappa shape index (κ1) is 13.0. The Morgan fingerprint density at radius 1 is 1.50 bits per heavy atom. The lowest BCUT2D eigenvalue weighted by molar-refractivity contribution is 0.194. The van der Waals surface area contributed by atoms with Gasteiger partial charge in [-0.05, 0) is 13.0 Å². The average Bonchev–Trinajstić information content (AvgIpc) is 3.02. The Morgan fingerprint density at radius 3 is 2.64 bits per heavy atom. The Kier molecular flexibility index (Phi) is 7.95. The van der Waals surface area contributed by atoms with Gasteiger partial charge in [0.15, 0.2) is 0 Å². The van der Waals surface area contributed by atoms with Crippen molar-refractivity contribution in [1.82, 2.24) is 0 Å². The Labute approximate surface area is 86.9 Å². The van der Waals surface area contributed by atoms with E-state index in [1.54, 1.807) is 0 Å². The van der Waals surface area contributed by atoms with E-state index in [9.17, 15) is 0 Å². The van der Waals surface area contributed by atoms with Gasteiger partial charge in [-0.2, -0.15) is 0 Å². The van der Waals surface area contributed by atoms with Gasteiger partial charge in [-0.15, -0.1) is 0 Å². The maximum atomic E-state index is 5.27. The van der Waals surface area contributed by atoms with Crippen LogP contribution in [0.2, 0.25) is 0 Å². The Bertz CT molecular complexity index is 200. The van der Waals surface area contributed by atoms with E-state index in [1.165, 1.54) is 0 Å². The maximum absolute atomic E-state index is 5.27. The molecule has 1 unspecified atom stereocenters. The molecule has 0 aliphatic carbocycles. The zero-order valence-corrected chi connectivity index (χ0v) is 9.32. The van der Waals surface area contributed by atoms with Crippen LogP contribution in [0, 0.1) is 0 Å². The van der Waals surface area contributed by atoms with Gasteiger partial charge in [-0.3, -0.25) is 0 Å². The first-order chi connectivity index (χ1) is 6.83. The Hall–Kier alpha value is -1.02. The number of hydrogen-bond acceptors (Lipinski definition) is 2. The van der Waals surface area contributed by atoms with E-state index in [0.717, 1.165) is 6.61 Å². The van der Waals surface area contributed by atoms with Crippen molar-refractivity contribution in [2.45, 2.75) is 26.9 Å². The van der Waals surface area contributed by atoms with Gasteiger partial charge >= 0.3 is 0 Å². The summed E-state index contributed by atoms with van der Waals surface area (Å²) in [5.74, 6) is 0.684. The molecule has 80 valence electrons. The van der Waals surface area contributed by atoms with E-state index in [2.05, 4.69) is 6.58 Å². The predicted octanol–water partition coefficient (Wildman–Crippen LogP) is 3.07. The summed E-state index contributed by atoms with van der Waals surface area (Å²) in [6.45, 7) is 11.1. The van der Waals surface area contributed by atoms with Crippen molar-refractivity contribution in [3.8, 4) is 0 Å². The molecule has 1 saturated heterocycles. The highest BCUT2D eigenvalue weighted by Gasteiger charge is 2.22. The van der Waals surface area contributed by atoms with Gasteiger partial charge in [0.25, 0.3) is 0 Å². The molecule has 0 radical (unpaired) electrons. The fourth-order valence-electron chi connectivity index (χ4n) is 0.686. The van der Waals surface area contributed by atoms with Gasteiger partial charge in [0.1, 0.15) is 18.5 Å². The van der Waals surface area contributed by atoms with Crippen molar-refractivity contribution in [3.63, 3.8) is 0 Å². The SMILES string of the molecule is C=C(/C=C\C=C/C)OCC1CO1.CC. The van der Waals surface area contributed by atoms with Crippen molar-refractivity contribution in [2.24, 2.45) is 0 Å². The zero-order chi connectivity index (χ0) is 10.8. The molecule has 1 heterocycles. The zero-order valence-electron chi connectivity index (χ0n) is 9.32. The molecular weight excluding hydrogens is 176 g/mol. The molecule has 1 fully saturated rings. The average molecular weight is 196 g/mol. The lowest BCUT2D eigenvalue weighted by atomic mass is 10.4. The minimum absolute atomic E-state index is 0.303. The minimum Gasteiger partial charge on any atom is -0.491 e. The van der Waals surface area contributed by atoms with Gasteiger partial charge in [-0.1, -0.05) is 38.7 Å². The molecule has 14 heavy (non-hydrogen) atoms. The second kappa shape index (κ2) is 8.57. The largest absolute Gasteiger partial charge is 0.491 e. The highest BCUT2D eigenvalue weighted by atomic mass is 16.6. The quantitative estimate of drug-likeness (QED) is 0.383. The van der Waals surface area contributed by atoms with E-state index in [4.69, 9.17) is 9.47 Å². The van der Waals surface area contributed by atoms with Crippen LogP contribution in [0.3, 0.4) is 0 Å². The molecule has 0 aromatic rings. The first-order valence-electron chi connectivity index (χ1n) is 5.05. The van der Waals surface area contributed by atoms with Crippen molar-refractivity contribution in [2.75, 3.05) is 13.2 Å². The third kappa shape index (κ3) is 7.62. The van der Waals surface area contributed by atoms with Crippen LogP contribution in [0.25, 0.3) is 0 Å². The number of hydrogen-bond donors (Lipinski definition) is 0. The number of epoxide rings is 1. The summed E-state index contributed by atoms with van der Waals surface area (Å²) in [7, 11) is 0. The molecular formula is C12H20O2. The molecule has 0 bridgehead atoms. The lowest BCUT2D eigenvalue weighted by Crippen LogP contribution is -1.98. The molecule has 1 aliphatic rings. The molecule has 0 saturated carbocycles. The van der Waals surface area contributed by atoms with E-state index in [0.29, 0.717) is 18.5 Å². The summed E-state index contributed by atoms with van der Waals surface area (Å²) < 4.78 is 10.3. The van der Waals surface area contributed by atoms with Crippen molar-refractivity contribution >= 4 is 0 Å². The monoisotopic (exact) mass is 196 g/mol. The van der Waals surface area contributed by atoms with Crippen LogP contribution in [0.5, 0.6) is 0 Å². The molecule has 0 aromatic heterocycles. The second-order valence-electron chi connectivity index (χ2n) is 2.62. The maximum Gasteiger partial charge on any atom is 0.117 e. The first-order valence-corrected chi connectivity index (χ1v) is 5.05. The third-order valence-corrected chi connectivity index (χ3v) is 1.44. The second-order valence-corrected chi connectivity index (χ2v) is 2.62. The van der Waals surface area contributed by atoms with Crippen LogP contribution in [0.4, 0.5) is 0 Å². The van der Waals surface area contributed by atoms with Crippen LogP contribution < -0.4 is 0 Å². The summed E-state index contributed by atoms with van der Waals surface area (Å²) in [4.78, 5) is 0. The highest BCUT2D eigenvalue weighted by Crippen LogP contribution is 2.10. The fraction of sp³-hybridized carbons (Fsp3) is 0.500. The summed E-state index contributed by atoms with van der Waals surface area (Å²) in [5.41, 5.74) is 0. The van der Waals surface area contributed by atoms with E-state index >= 15 is 0 Å². The molecule has 2 nitrogen and oxygen atoms in total. The molecule has 1 atom stereocenters. The van der Waals surface area contributed by atoms with Crippen molar-refractivity contribution in [3.05, 3.63) is 36.6 Å². The summed E-state index contributed by atoms with van der Waals surface area (Å²) in [6, 6.07) is 0. The minimum atomic E-state index is 0.303. The topological polar surface area (TPSA) is 21.8 Å². The van der Waals surface area contributed by atoms with Gasteiger partial charge in [-0.25, -0.2) is 0 Å². The summed E-state index contributed by atoms with van der Waals surface area (Å²) in [5, 5.41) is 0. The van der Waals surface area contributed by atoms with E-state index in [-0.39, 0.29) is 0 Å². The molecule has 1 aliphatic heterocycles. The highest BCUT2D eigenvalue weighted by molar-refractivity contribution is 5.13. The number of rotatable bonds is 5. The van der Waals surface area contributed by atoms with Gasteiger partial charge in [0, 0.05) is 0 Å². The van der Waals surface area contributed by atoms with Crippen molar-refractivity contribution < 1.29 is 9.47 Å². The predicted molar refractivity (Wildman–Crippen MR) is 60.1 cm³/mol. The van der Waals surface area contributed by atoms with Crippen LogP contribution in [0.15, 0.2) is 36.6 Å². The fourth-order valence-corrected chi connectivity index (χ4v) is 0.686. The molecule has 0 amide bonds. The normalized spacial score (nSPS) is 19.2. The van der Waals surface area contributed by atoms with E-state index < -0.39 is 0 Å². The molecule has 0 spiro atoms. The molecule has 2 heteroatoms. The van der Waals surface area contributed by atoms with Crippen LogP contribution in [-0.4, -0.2) is 19.3 Å². The summed E-state index contributed by atoms with van der Waals surface area (Å²) in [6.07, 6.45) is 7.92. The van der Waals surface area contributed by atoms with Gasteiger partial charge in [0.05, 0.1) is 6.61 Å². The smallest absolute Gasteiger partial charge is 0.117 e. The number of ether oxygens (including phenoxy) is 2. The molecule has 1 rings (SSSR count). The van der Waals surface area contributed by atoms with Crippen molar-refractivity contribution in [1.29, 1.82) is 0 Å². The van der Waals surface area contributed by atoms with E-state index in [1.807, 2.05) is 45.1 Å². The molecule has 0 N–H and O–H groups in total. The van der Waals surface area contributed by atoms with Crippen LogP contribution in [0.1, 0.15) is 20.8 Å². The Balaban J connectivity index is 0.000000791. The van der Waals surface area contributed by atoms with Gasteiger partial charge < -0.3 is 9.47 Å². The van der Waals surface area contributed by atoms with Gasteiger partial charge in [0.2, 0.25) is 0 Å². The lowest BCUT2D eigenvalue weighted by Gasteiger charge is -2.01. The number of allylic oxidation sites excluding steroid dienone is 4. The van der Waals surface area contributed by atoms with Crippen LogP contribution in [-0.2, 0) is 9.47 Å². The Morgan fingerprint density at radius 2 is 2.14 bits per heavy atom. The molecule has 0 aromatic carbocycles.